The van der Waals surface area contributed by atoms with E-state index in [1.165, 1.54) is 5.56 Å². The van der Waals surface area contributed by atoms with Crippen molar-refractivity contribution in [3.05, 3.63) is 65.3 Å². The van der Waals surface area contributed by atoms with Gasteiger partial charge in [-0.2, -0.15) is 5.10 Å². The molecule has 3 heteroatoms. The quantitative estimate of drug-likeness (QED) is 0.715. The molecule has 0 saturated carbocycles. The predicted molar refractivity (Wildman–Crippen MR) is 62.8 cm³/mol. The summed E-state index contributed by atoms with van der Waals surface area (Å²) >= 11 is 0. The number of rotatable bonds is 3. The van der Waals surface area contributed by atoms with E-state index in [0.717, 1.165) is 12.1 Å². The third kappa shape index (κ3) is 2.29. The van der Waals surface area contributed by atoms with Crippen LogP contribution in [0.2, 0.25) is 0 Å². The molecule has 1 aromatic carbocycles. The first-order valence-electron chi connectivity index (χ1n) is 5.22. The monoisotopic (exact) mass is 211 g/mol. The Morgan fingerprint density at radius 3 is 2.81 bits per heavy atom. The molecule has 0 aliphatic rings. The van der Waals surface area contributed by atoms with Crippen molar-refractivity contribution in [2.45, 2.75) is 19.5 Å². The lowest BCUT2D eigenvalue weighted by Gasteiger charge is -2.00. The summed E-state index contributed by atoms with van der Waals surface area (Å²) in [5.74, 6) is 0. The van der Waals surface area contributed by atoms with Crippen molar-refractivity contribution in [3.8, 4) is 0 Å². The lowest BCUT2D eigenvalue weighted by molar-refractivity contribution is 0.686. The Kier molecular flexibility index (Phi) is 3.02. The standard InChI is InChI=1S/C13H13N3/c1-11(14-2)13-8-15-16(10-13)9-12-6-4-3-5-7-12/h3-8,10-11H,9H2,1H3. The molecule has 0 saturated heterocycles. The molecule has 0 radical (unpaired) electrons. The maximum absolute atomic E-state index is 6.96. The van der Waals surface area contributed by atoms with E-state index >= 15 is 0 Å². The molecular weight excluding hydrogens is 198 g/mol. The zero-order valence-electron chi connectivity index (χ0n) is 9.17. The minimum Gasteiger partial charge on any atom is -0.309 e. The lowest BCUT2D eigenvalue weighted by atomic mass is 10.2. The minimum absolute atomic E-state index is 0.107. The van der Waals surface area contributed by atoms with Crippen molar-refractivity contribution < 1.29 is 0 Å². The van der Waals surface area contributed by atoms with Gasteiger partial charge in [-0.25, -0.2) is 6.57 Å². The third-order valence-electron chi connectivity index (χ3n) is 2.52. The van der Waals surface area contributed by atoms with Crippen LogP contribution in [-0.2, 0) is 6.54 Å². The Morgan fingerprint density at radius 1 is 1.38 bits per heavy atom. The summed E-state index contributed by atoms with van der Waals surface area (Å²) in [4.78, 5) is 3.48. The van der Waals surface area contributed by atoms with Gasteiger partial charge in [0.25, 0.3) is 0 Å². The predicted octanol–water partition coefficient (Wildman–Crippen LogP) is 2.91. The molecule has 0 bridgehead atoms. The zero-order chi connectivity index (χ0) is 11.4. The van der Waals surface area contributed by atoms with Gasteiger partial charge in [-0.05, 0) is 5.56 Å². The van der Waals surface area contributed by atoms with Crippen molar-refractivity contribution in [2.24, 2.45) is 0 Å². The highest BCUT2D eigenvalue weighted by Gasteiger charge is 2.10. The number of hydrogen-bond acceptors (Lipinski definition) is 1. The Morgan fingerprint density at radius 2 is 2.12 bits per heavy atom. The molecule has 0 aliphatic heterocycles. The van der Waals surface area contributed by atoms with E-state index < -0.39 is 0 Å². The smallest absolute Gasteiger partial charge is 0.249 e. The first kappa shape index (κ1) is 10.4. The van der Waals surface area contributed by atoms with E-state index in [4.69, 9.17) is 6.57 Å². The third-order valence-corrected chi connectivity index (χ3v) is 2.52. The SMILES string of the molecule is [C-]#[N+]C(C)c1cnn(Cc2ccccc2)c1. The van der Waals surface area contributed by atoms with Gasteiger partial charge in [0.1, 0.15) is 0 Å². The van der Waals surface area contributed by atoms with Crippen LogP contribution in [0.15, 0.2) is 42.7 Å². The number of benzene rings is 1. The van der Waals surface area contributed by atoms with Crippen LogP contribution in [0.25, 0.3) is 4.85 Å². The molecule has 1 unspecified atom stereocenters. The molecule has 80 valence electrons. The molecule has 1 heterocycles. The zero-order valence-corrected chi connectivity index (χ0v) is 9.17. The summed E-state index contributed by atoms with van der Waals surface area (Å²) in [6.45, 7) is 9.61. The Balaban J connectivity index is 2.12. The molecule has 0 N–H and O–H groups in total. The van der Waals surface area contributed by atoms with Crippen LogP contribution in [0, 0.1) is 6.57 Å². The van der Waals surface area contributed by atoms with Crippen LogP contribution >= 0.6 is 0 Å². The molecule has 2 aromatic rings. The molecule has 0 amide bonds. The summed E-state index contributed by atoms with van der Waals surface area (Å²) in [6, 6.07) is 10.1. The average molecular weight is 211 g/mol. The van der Waals surface area contributed by atoms with E-state index in [1.807, 2.05) is 36.0 Å². The van der Waals surface area contributed by atoms with Crippen molar-refractivity contribution >= 4 is 0 Å². The highest BCUT2D eigenvalue weighted by Crippen LogP contribution is 2.15. The molecule has 0 spiro atoms. The van der Waals surface area contributed by atoms with Gasteiger partial charge in [0.15, 0.2) is 0 Å². The molecular formula is C13H13N3. The average Bonchev–Trinajstić information content (AvgIpc) is 2.78. The fraction of sp³-hybridized carbons (Fsp3) is 0.231. The van der Waals surface area contributed by atoms with E-state index in [9.17, 15) is 0 Å². The van der Waals surface area contributed by atoms with Gasteiger partial charge in [-0.1, -0.05) is 30.3 Å². The van der Waals surface area contributed by atoms with Crippen LogP contribution in [0.5, 0.6) is 0 Å². The second kappa shape index (κ2) is 4.63. The Hall–Kier alpha value is -2.08. The number of nitrogens with zero attached hydrogens (tertiary/aromatic N) is 3. The highest BCUT2D eigenvalue weighted by atomic mass is 15.3. The summed E-state index contributed by atoms with van der Waals surface area (Å²) in [5.41, 5.74) is 2.19. The van der Waals surface area contributed by atoms with E-state index in [0.29, 0.717) is 0 Å². The minimum atomic E-state index is -0.107. The van der Waals surface area contributed by atoms with Crippen molar-refractivity contribution in [1.29, 1.82) is 0 Å². The van der Waals surface area contributed by atoms with Gasteiger partial charge >= 0.3 is 0 Å². The molecule has 1 aromatic heterocycles. The van der Waals surface area contributed by atoms with Crippen LogP contribution in [-0.4, -0.2) is 9.78 Å². The first-order valence-corrected chi connectivity index (χ1v) is 5.22. The number of aromatic nitrogens is 2. The van der Waals surface area contributed by atoms with Gasteiger partial charge in [0.05, 0.1) is 18.3 Å². The molecule has 16 heavy (non-hydrogen) atoms. The molecule has 0 fully saturated rings. The Labute approximate surface area is 95.2 Å². The van der Waals surface area contributed by atoms with Gasteiger partial charge in [-0.15, -0.1) is 0 Å². The van der Waals surface area contributed by atoms with Crippen molar-refractivity contribution in [2.75, 3.05) is 0 Å². The van der Waals surface area contributed by atoms with Crippen LogP contribution in [0.1, 0.15) is 24.1 Å². The second-order valence-electron chi connectivity index (χ2n) is 3.76. The van der Waals surface area contributed by atoms with Gasteiger partial charge < -0.3 is 4.85 Å². The van der Waals surface area contributed by atoms with E-state index in [2.05, 4.69) is 22.1 Å². The Bertz CT molecular complexity index is 493. The summed E-state index contributed by atoms with van der Waals surface area (Å²) in [7, 11) is 0. The summed E-state index contributed by atoms with van der Waals surface area (Å²) in [5, 5.41) is 4.25. The largest absolute Gasteiger partial charge is 0.309 e. The van der Waals surface area contributed by atoms with Gasteiger partial charge in [0, 0.05) is 13.1 Å². The lowest BCUT2D eigenvalue weighted by Crippen LogP contribution is -1.99. The molecule has 3 nitrogen and oxygen atoms in total. The molecule has 0 aliphatic carbocycles. The van der Waals surface area contributed by atoms with Crippen LogP contribution in [0.3, 0.4) is 0 Å². The van der Waals surface area contributed by atoms with Gasteiger partial charge in [-0.3, -0.25) is 4.68 Å². The van der Waals surface area contributed by atoms with E-state index in [1.54, 1.807) is 6.20 Å². The molecule has 2 rings (SSSR count). The fourth-order valence-corrected chi connectivity index (χ4v) is 1.53. The fourth-order valence-electron chi connectivity index (χ4n) is 1.53. The van der Waals surface area contributed by atoms with E-state index in [-0.39, 0.29) is 6.04 Å². The van der Waals surface area contributed by atoms with Crippen molar-refractivity contribution in [1.82, 2.24) is 9.78 Å². The second-order valence-corrected chi connectivity index (χ2v) is 3.76. The number of hydrogen-bond donors (Lipinski definition) is 0. The first-order chi connectivity index (χ1) is 7.79. The maximum Gasteiger partial charge on any atom is 0.249 e. The van der Waals surface area contributed by atoms with Crippen molar-refractivity contribution in [3.63, 3.8) is 0 Å². The maximum atomic E-state index is 6.96. The van der Waals surface area contributed by atoms with Gasteiger partial charge in [0.2, 0.25) is 6.04 Å². The van der Waals surface area contributed by atoms with Crippen LogP contribution in [0.4, 0.5) is 0 Å². The topological polar surface area (TPSA) is 22.2 Å². The molecule has 1 atom stereocenters. The normalized spacial score (nSPS) is 12.0. The summed E-state index contributed by atoms with van der Waals surface area (Å²) < 4.78 is 1.87. The van der Waals surface area contributed by atoms with Crippen LogP contribution < -0.4 is 0 Å². The highest BCUT2D eigenvalue weighted by molar-refractivity contribution is 5.17. The summed E-state index contributed by atoms with van der Waals surface area (Å²) in [6.07, 6.45) is 3.71.